The molecular weight excluding hydrogens is 312 g/mol. The van der Waals surface area contributed by atoms with E-state index in [9.17, 15) is 4.79 Å². The van der Waals surface area contributed by atoms with Crippen molar-refractivity contribution in [3.8, 4) is 0 Å². The zero-order valence-corrected chi connectivity index (χ0v) is 15.7. The number of amides is 2. The van der Waals surface area contributed by atoms with Crippen LogP contribution < -0.4 is 5.32 Å². The summed E-state index contributed by atoms with van der Waals surface area (Å²) in [5.41, 5.74) is 1.39. The monoisotopic (exact) mass is 344 g/mol. The molecule has 0 aromatic heterocycles. The lowest BCUT2D eigenvalue weighted by molar-refractivity contribution is 0.166. The van der Waals surface area contributed by atoms with Gasteiger partial charge in [0.25, 0.3) is 0 Å². The fraction of sp³-hybridized carbons (Fsp3) is 0.650. The summed E-state index contributed by atoms with van der Waals surface area (Å²) in [6, 6.07) is 11.1. The van der Waals surface area contributed by atoms with Gasteiger partial charge in [-0.25, -0.2) is 4.79 Å². The minimum atomic E-state index is 0.0898. The van der Waals surface area contributed by atoms with Gasteiger partial charge in [-0.3, -0.25) is 4.90 Å². The Morgan fingerprint density at radius 2 is 1.88 bits per heavy atom. The van der Waals surface area contributed by atoms with Crippen LogP contribution in [-0.4, -0.2) is 73.6 Å². The Balaban J connectivity index is 1.35. The Labute approximate surface area is 152 Å². The number of hydrogen-bond acceptors (Lipinski definition) is 3. The molecule has 1 N–H and O–H groups in total. The van der Waals surface area contributed by atoms with Gasteiger partial charge >= 0.3 is 6.03 Å². The van der Waals surface area contributed by atoms with E-state index in [4.69, 9.17) is 0 Å². The first-order valence-corrected chi connectivity index (χ1v) is 9.57. The van der Waals surface area contributed by atoms with E-state index >= 15 is 0 Å². The molecule has 2 fully saturated rings. The number of rotatable bonds is 5. The van der Waals surface area contributed by atoms with Gasteiger partial charge in [-0.05, 0) is 57.4 Å². The number of likely N-dealkylation sites (N-methyl/N-ethyl adjacent to an activating group) is 2. The van der Waals surface area contributed by atoms with E-state index < -0.39 is 0 Å². The molecule has 2 aliphatic rings. The quantitative estimate of drug-likeness (QED) is 0.890. The van der Waals surface area contributed by atoms with Crippen LogP contribution in [0.5, 0.6) is 0 Å². The minimum absolute atomic E-state index is 0.0898. The Morgan fingerprint density at radius 1 is 1.16 bits per heavy atom. The molecule has 0 spiro atoms. The lowest BCUT2D eigenvalue weighted by atomic mass is 9.96. The van der Waals surface area contributed by atoms with E-state index in [2.05, 4.69) is 52.5 Å². The SMILES string of the molecule is CN1CC[C@H](N(C)C(=O)NCC2CCN(Cc3ccccc3)CC2)C1. The topological polar surface area (TPSA) is 38.8 Å². The highest BCUT2D eigenvalue weighted by atomic mass is 16.2. The number of urea groups is 1. The third-order valence-electron chi connectivity index (χ3n) is 5.73. The standard InChI is InChI=1S/C20H32N4O/c1-22-11-10-19(16-22)23(2)20(25)21-14-17-8-12-24(13-9-17)15-18-6-4-3-5-7-18/h3-7,17,19H,8-16H2,1-2H3,(H,21,25)/t19-/m0/s1. The van der Waals surface area contributed by atoms with Crippen LogP contribution in [0.4, 0.5) is 4.79 Å². The summed E-state index contributed by atoms with van der Waals surface area (Å²) < 4.78 is 0. The Kier molecular flexibility index (Phi) is 6.32. The fourth-order valence-corrected chi connectivity index (χ4v) is 3.94. The summed E-state index contributed by atoms with van der Waals surface area (Å²) in [4.78, 5) is 19.1. The zero-order valence-electron chi connectivity index (χ0n) is 15.7. The maximum atomic E-state index is 12.4. The third-order valence-corrected chi connectivity index (χ3v) is 5.73. The molecular formula is C20H32N4O. The third kappa shape index (κ3) is 5.19. The highest BCUT2D eigenvalue weighted by molar-refractivity contribution is 5.74. The van der Waals surface area contributed by atoms with Crippen molar-refractivity contribution in [1.29, 1.82) is 0 Å². The van der Waals surface area contributed by atoms with E-state index in [-0.39, 0.29) is 6.03 Å². The average Bonchev–Trinajstić information content (AvgIpc) is 3.07. The molecule has 1 atom stereocenters. The van der Waals surface area contributed by atoms with Gasteiger partial charge in [0.15, 0.2) is 0 Å². The molecule has 0 aliphatic carbocycles. The predicted octanol–water partition coefficient (Wildman–Crippen LogP) is 2.24. The van der Waals surface area contributed by atoms with E-state index in [0.717, 1.165) is 45.7 Å². The van der Waals surface area contributed by atoms with Gasteiger partial charge < -0.3 is 15.1 Å². The molecule has 0 unspecified atom stereocenters. The normalized spacial score (nSPS) is 22.9. The highest BCUT2D eigenvalue weighted by Gasteiger charge is 2.27. The summed E-state index contributed by atoms with van der Waals surface area (Å²) >= 11 is 0. The van der Waals surface area contributed by atoms with Crippen LogP contribution in [0.25, 0.3) is 0 Å². The van der Waals surface area contributed by atoms with Crippen molar-refractivity contribution in [2.45, 2.75) is 31.8 Å². The van der Waals surface area contributed by atoms with Crippen molar-refractivity contribution in [1.82, 2.24) is 20.0 Å². The maximum absolute atomic E-state index is 12.4. The lowest BCUT2D eigenvalue weighted by Gasteiger charge is -2.32. The maximum Gasteiger partial charge on any atom is 0.317 e. The van der Waals surface area contributed by atoms with Crippen LogP contribution in [0.15, 0.2) is 30.3 Å². The Morgan fingerprint density at radius 3 is 2.52 bits per heavy atom. The van der Waals surface area contributed by atoms with Crippen LogP contribution in [0, 0.1) is 5.92 Å². The first-order valence-electron chi connectivity index (χ1n) is 9.57. The van der Waals surface area contributed by atoms with E-state index in [1.807, 2.05) is 11.9 Å². The molecule has 0 radical (unpaired) electrons. The largest absolute Gasteiger partial charge is 0.338 e. The molecule has 5 heteroatoms. The molecule has 3 rings (SSSR count). The first-order chi connectivity index (χ1) is 12.1. The van der Waals surface area contributed by atoms with Crippen LogP contribution in [-0.2, 0) is 6.54 Å². The van der Waals surface area contributed by atoms with Crippen molar-refractivity contribution in [3.05, 3.63) is 35.9 Å². The summed E-state index contributed by atoms with van der Waals surface area (Å²) in [6.45, 7) is 6.17. The van der Waals surface area contributed by atoms with Crippen LogP contribution in [0.1, 0.15) is 24.8 Å². The average molecular weight is 345 g/mol. The molecule has 2 aliphatic heterocycles. The Bertz CT molecular complexity index is 542. The van der Waals surface area contributed by atoms with Gasteiger partial charge in [0.1, 0.15) is 0 Å². The van der Waals surface area contributed by atoms with Gasteiger partial charge in [-0.15, -0.1) is 0 Å². The molecule has 0 bridgehead atoms. The Hall–Kier alpha value is -1.59. The van der Waals surface area contributed by atoms with Crippen molar-refractivity contribution in [3.63, 3.8) is 0 Å². The molecule has 1 aromatic carbocycles. The molecule has 2 heterocycles. The second-order valence-corrected chi connectivity index (χ2v) is 7.71. The smallest absolute Gasteiger partial charge is 0.317 e. The molecule has 2 saturated heterocycles. The molecule has 1 aromatic rings. The van der Waals surface area contributed by atoms with E-state index in [0.29, 0.717) is 12.0 Å². The summed E-state index contributed by atoms with van der Waals surface area (Å²) in [6.07, 6.45) is 3.42. The van der Waals surface area contributed by atoms with Gasteiger partial charge in [0.2, 0.25) is 0 Å². The van der Waals surface area contributed by atoms with E-state index in [1.165, 1.54) is 18.4 Å². The van der Waals surface area contributed by atoms with Gasteiger partial charge in [0.05, 0.1) is 0 Å². The van der Waals surface area contributed by atoms with Crippen LogP contribution >= 0.6 is 0 Å². The predicted molar refractivity (Wildman–Crippen MR) is 102 cm³/mol. The van der Waals surface area contributed by atoms with E-state index in [1.54, 1.807) is 0 Å². The summed E-state index contributed by atoms with van der Waals surface area (Å²) in [7, 11) is 4.05. The number of carbonyl (C=O) groups excluding carboxylic acids is 1. The highest BCUT2D eigenvalue weighted by Crippen LogP contribution is 2.19. The van der Waals surface area contributed by atoms with Crippen molar-refractivity contribution in [2.24, 2.45) is 5.92 Å². The minimum Gasteiger partial charge on any atom is -0.338 e. The number of nitrogens with zero attached hydrogens (tertiary/aromatic N) is 3. The van der Waals surface area contributed by atoms with Crippen molar-refractivity contribution >= 4 is 6.03 Å². The van der Waals surface area contributed by atoms with Gasteiger partial charge in [-0.1, -0.05) is 30.3 Å². The van der Waals surface area contributed by atoms with Gasteiger partial charge in [-0.2, -0.15) is 0 Å². The number of hydrogen-bond donors (Lipinski definition) is 1. The zero-order chi connectivity index (χ0) is 17.6. The van der Waals surface area contributed by atoms with Crippen molar-refractivity contribution < 1.29 is 4.79 Å². The molecule has 2 amide bonds. The second-order valence-electron chi connectivity index (χ2n) is 7.71. The molecule has 138 valence electrons. The fourth-order valence-electron chi connectivity index (χ4n) is 3.94. The van der Waals surface area contributed by atoms with Crippen LogP contribution in [0.2, 0.25) is 0 Å². The number of nitrogens with one attached hydrogen (secondary N) is 1. The molecule has 25 heavy (non-hydrogen) atoms. The summed E-state index contributed by atoms with van der Waals surface area (Å²) in [5.74, 6) is 0.607. The number of carbonyl (C=O) groups is 1. The van der Waals surface area contributed by atoms with Crippen molar-refractivity contribution in [2.75, 3.05) is 46.8 Å². The molecule has 5 nitrogen and oxygen atoms in total. The first kappa shape index (κ1) is 18.2. The summed E-state index contributed by atoms with van der Waals surface area (Å²) in [5, 5.41) is 3.16. The molecule has 0 saturated carbocycles. The van der Waals surface area contributed by atoms with Gasteiger partial charge in [0, 0.05) is 32.7 Å². The number of piperidine rings is 1. The van der Waals surface area contributed by atoms with Crippen LogP contribution in [0.3, 0.4) is 0 Å². The number of benzene rings is 1. The lowest BCUT2D eigenvalue weighted by Crippen LogP contribution is -2.46. The number of likely N-dealkylation sites (tertiary alicyclic amines) is 2. The second kappa shape index (κ2) is 8.68.